The Bertz CT molecular complexity index is 201. The van der Waals surface area contributed by atoms with Crippen molar-refractivity contribution in [2.45, 2.75) is 13.0 Å². The zero-order valence-electron chi connectivity index (χ0n) is 7.37. The summed E-state index contributed by atoms with van der Waals surface area (Å²) in [4.78, 5) is 0. The van der Waals surface area contributed by atoms with Crippen LogP contribution in [0.25, 0.3) is 0 Å². The molecule has 0 saturated carbocycles. The number of sulfonamides is 1. The van der Waals surface area contributed by atoms with E-state index in [0.29, 0.717) is 19.6 Å². The lowest BCUT2D eigenvalue weighted by Crippen LogP contribution is -2.33. The molecule has 6 heteroatoms. The number of hydrogen-bond acceptors (Lipinski definition) is 4. The molecule has 5 nitrogen and oxygen atoms in total. The Morgan fingerprint density at radius 1 is 1.42 bits per heavy atom. The van der Waals surface area contributed by atoms with Crippen LogP contribution in [-0.4, -0.2) is 45.5 Å². The van der Waals surface area contributed by atoms with Crippen LogP contribution < -0.4 is 10.0 Å². The Hall–Kier alpha value is -0.170. The van der Waals surface area contributed by atoms with Crippen molar-refractivity contribution in [2.24, 2.45) is 0 Å². The van der Waals surface area contributed by atoms with Gasteiger partial charge in [-0.3, -0.25) is 0 Å². The van der Waals surface area contributed by atoms with Crippen molar-refractivity contribution in [1.29, 1.82) is 0 Å². The summed E-state index contributed by atoms with van der Waals surface area (Å²) in [6, 6.07) is 0. The molecular weight excluding hydrogens is 180 g/mol. The molecule has 0 radical (unpaired) electrons. The van der Waals surface area contributed by atoms with E-state index in [0.717, 1.165) is 6.26 Å². The van der Waals surface area contributed by atoms with E-state index in [1.54, 1.807) is 6.92 Å². The SMILES string of the molecule is CC(O)CNCCNS(C)(=O)=O. The van der Waals surface area contributed by atoms with Gasteiger partial charge in [-0.1, -0.05) is 0 Å². The predicted molar refractivity (Wildman–Crippen MR) is 47.4 cm³/mol. The monoisotopic (exact) mass is 196 g/mol. The zero-order valence-corrected chi connectivity index (χ0v) is 8.19. The summed E-state index contributed by atoms with van der Waals surface area (Å²) in [6.07, 6.45) is 0.713. The number of nitrogens with one attached hydrogen (secondary N) is 2. The zero-order chi connectivity index (χ0) is 9.61. The average Bonchev–Trinajstić information content (AvgIpc) is 1.83. The fourth-order valence-corrected chi connectivity index (χ4v) is 1.11. The first-order chi connectivity index (χ1) is 5.42. The first kappa shape index (κ1) is 11.8. The van der Waals surface area contributed by atoms with Crippen LogP contribution in [0.3, 0.4) is 0 Å². The van der Waals surface area contributed by atoms with Gasteiger partial charge in [0, 0.05) is 19.6 Å². The first-order valence-corrected chi connectivity index (χ1v) is 5.64. The molecule has 0 amide bonds. The Morgan fingerprint density at radius 2 is 2.00 bits per heavy atom. The van der Waals surface area contributed by atoms with Crippen LogP contribution in [-0.2, 0) is 10.0 Å². The average molecular weight is 196 g/mol. The third-order valence-electron chi connectivity index (χ3n) is 1.11. The fraction of sp³-hybridized carbons (Fsp3) is 1.00. The second-order valence-corrected chi connectivity index (χ2v) is 4.55. The lowest BCUT2D eigenvalue weighted by atomic mass is 10.4. The maximum Gasteiger partial charge on any atom is 0.208 e. The smallest absolute Gasteiger partial charge is 0.208 e. The Kier molecular flexibility index (Phi) is 5.39. The van der Waals surface area contributed by atoms with Gasteiger partial charge in [0.2, 0.25) is 10.0 Å². The molecule has 0 saturated heterocycles. The quantitative estimate of drug-likeness (QED) is 0.452. The van der Waals surface area contributed by atoms with Crippen molar-refractivity contribution in [3.8, 4) is 0 Å². The standard InChI is InChI=1S/C6H16N2O3S/c1-6(9)5-7-3-4-8-12(2,10)11/h6-9H,3-5H2,1-2H3. The van der Waals surface area contributed by atoms with Gasteiger partial charge in [0.1, 0.15) is 0 Å². The maximum atomic E-state index is 10.5. The molecule has 1 unspecified atom stereocenters. The second kappa shape index (κ2) is 5.47. The van der Waals surface area contributed by atoms with Crippen molar-refractivity contribution in [3.05, 3.63) is 0 Å². The summed E-state index contributed by atoms with van der Waals surface area (Å²) in [5.74, 6) is 0. The summed E-state index contributed by atoms with van der Waals surface area (Å²) in [5, 5.41) is 11.7. The Labute approximate surface area is 73.2 Å². The van der Waals surface area contributed by atoms with Crippen molar-refractivity contribution in [2.75, 3.05) is 25.9 Å². The molecule has 0 heterocycles. The molecule has 0 spiro atoms. The number of hydrogen-bond donors (Lipinski definition) is 3. The number of aliphatic hydroxyl groups excluding tert-OH is 1. The van der Waals surface area contributed by atoms with Crippen LogP contribution in [0, 0.1) is 0 Å². The van der Waals surface area contributed by atoms with Crippen molar-refractivity contribution < 1.29 is 13.5 Å². The molecule has 0 aliphatic heterocycles. The highest BCUT2D eigenvalue weighted by Gasteiger charge is 1.98. The highest BCUT2D eigenvalue weighted by molar-refractivity contribution is 7.88. The third-order valence-corrected chi connectivity index (χ3v) is 1.83. The van der Waals surface area contributed by atoms with Crippen LogP contribution in [0.1, 0.15) is 6.92 Å². The van der Waals surface area contributed by atoms with E-state index in [1.807, 2.05) is 0 Å². The normalized spacial score (nSPS) is 14.6. The minimum Gasteiger partial charge on any atom is -0.392 e. The molecule has 3 N–H and O–H groups in total. The number of aliphatic hydroxyl groups is 1. The van der Waals surface area contributed by atoms with Crippen LogP contribution >= 0.6 is 0 Å². The second-order valence-electron chi connectivity index (χ2n) is 2.72. The molecule has 1 atom stereocenters. The summed E-state index contributed by atoms with van der Waals surface area (Å²) < 4.78 is 23.4. The lowest BCUT2D eigenvalue weighted by molar-refractivity contribution is 0.192. The molecule has 0 rings (SSSR count). The molecule has 74 valence electrons. The van der Waals surface area contributed by atoms with Crippen LogP contribution in [0.4, 0.5) is 0 Å². The predicted octanol–water partition coefficient (Wildman–Crippen LogP) is -1.49. The molecule has 0 bridgehead atoms. The molecule has 12 heavy (non-hydrogen) atoms. The molecule has 0 aliphatic rings. The van der Waals surface area contributed by atoms with Crippen LogP contribution in [0.5, 0.6) is 0 Å². The van der Waals surface area contributed by atoms with Crippen LogP contribution in [0.2, 0.25) is 0 Å². The molecule has 0 aromatic carbocycles. The lowest BCUT2D eigenvalue weighted by Gasteiger charge is -2.06. The van der Waals surface area contributed by atoms with Gasteiger partial charge < -0.3 is 10.4 Å². The van der Waals surface area contributed by atoms with Gasteiger partial charge in [-0.05, 0) is 6.92 Å². The summed E-state index contributed by atoms with van der Waals surface area (Å²) in [5.41, 5.74) is 0. The van der Waals surface area contributed by atoms with E-state index in [2.05, 4.69) is 10.0 Å². The molecule has 0 aromatic heterocycles. The van der Waals surface area contributed by atoms with Gasteiger partial charge >= 0.3 is 0 Å². The summed E-state index contributed by atoms with van der Waals surface area (Å²) in [7, 11) is -3.08. The van der Waals surface area contributed by atoms with Crippen molar-refractivity contribution in [1.82, 2.24) is 10.0 Å². The largest absolute Gasteiger partial charge is 0.392 e. The van der Waals surface area contributed by atoms with Crippen molar-refractivity contribution >= 4 is 10.0 Å². The minimum atomic E-state index is -3.08. The number of rotatable bonds is 6. The van der Waals surface area contributed by atoms with Gasteiger partial charge in [-0.15, -0.1) is 0 Å². The molecule has 0 aromatic rings. The van der Waals surface area contributed by atoms with E-state index in [1.165, 1.54) is 0 Å². The Balaban J connectivity index is 3.23. The third kappa shape index (κ3) is 9.83. The molecular formula is C6H16N2O3S. The van der Waals surface area contributed by atoms with E-state index >= 15 is 0 Å². The summed E-state index contributed by atoms with van der Waals surface area (Å²) >= 11 is 0. The van der Waals surface area contributed by atoms with Crippen molar-refractivity contribution in [3.63, 3.8) is 0 Å². The van der Waals surface area contributed by atoms with E-state index in [9.17, 15) is 8.42 Å². The highest BCUT2D eigenvalue weighted by Crippen LogP contribution is 1.74. The topological polar surface area (TPSA) is 78.4 Å². The van der Waals surface area contributed by atoms with Gasteiger partial charge in [0.15, 0.2) is 0 Å². The van der Waals surface area contributed by atoms with E-state index < -0.39 is 16.1 Å². The van der Waals surface area contributed by atoms with Crippen LogP contribution in [0.15, 0.2) is 0 Å². The fourth-order valence-electron chi connectivity index (χ4n) is 0.636. The van der Waals surface area contributed by atoms with E-state index in [-0.39, 0.29) is 0 Å². The van der Waals surface area contributed by atoms with Gasteiger partial charge in [0.25, 0.3) is 0 Å². The summed E-state index contributed by atoms with van der Waals surface area (Å²) in [6.45, 7) is 3.02. The Morgan fingerprint density at radius 3 is 2.42 bits per heavy atom. The molecule has 0 fully saturated rings. The van der Waals surface area contributed by atoms with Gasteiger partial charge in [-0.25, -0.2) is 13.1 Å². The van der Waals surface area contributed by atoms with Gasteiger partial charge in [-0.2, -0.15) is 0 Å². The minimum absolute atomic E-state index is 0.353. The van der Waals surface area contributed by atoms with E-state index in [4.69, 9.17) is 5.11 Å². The van der Waals surface area contributed by atoms with Gasteiger partial charge in [0.05, 0.1) is 12.4 Å². The highest BCUT2D eigenvalue weighted by atomic mass is 32.2. The first-order valence-electron chi connectivity index (χ1n) is 3.75. The molecule has 0 aliphatic carbocycles. The maximum absolute atomic E-state index is 10.5.